The highest BCUT2D eigenvalue weighted by atomic mass is 16.7. The second-order valence-corrected chi connectivity index (χ2v) is 17.8. The maximum Gasteiger partial charge on any atom is 0.308 e. The molecular weight excluding hydrogens is 768 g/mol. The molecule has 0 aromatic carbocycles. The van der Waals surface area contributed by atoms with Gasteiger partial charge in [0.25, 0.3) is 0 Å². The summed E-state index contributed by atoms with van der Waals surface area (Å²) in [5.74, 6) is -1.47. The van der Waals surface area contributed by atoms with Gasteiger partial charge in [-0.25, -0.2) is 0 Å². The van der Waals surface area contributed by atoms with Gasteiger partial charge in [0.15, 0.2) is 18.9 Å². The van der Waals surface area contributed by atoms with E-state index in [-0.39, 0.29) is 30.9 Å². The van der Waals surface area contributed by atoms with Crippen molar-refractivity contribution in [2.75, 3.05) is 35.3 Å². The smallest absolute Gasteiger partial charge is 0.308 e. The van der Waals surface area contributed by atoms with E-state index >= 15 is 0 Å². The number of aliphatic hydroxyl groups excluding tert-OH is 3. The number of allylic oxidation sites excluding steroid dienone is 2. The average Bonchev–Trinajstić information content (AvgIpc) is 3.13. The number of hydrogen-bond acceptors (Lipinski definition) is 16. The highest BCUT2D eigenvalue weighted by Gasteiger charge is 2.52. The number of carbonyl (C=O) groups is 2. The molecule has 0 aromatic heterocycles. The summed E-state index contributed by atoms with van der Waals surface area (Å²) in [6.07, 6.45) is -1.56. The van der Waals surface area contributed by atoms with Gasteiger partial charge in [-0.05, 0) is 93.9 Å². The summed E-state index contributed by atoms with van der Waals surface area (Å²) in [4.78, 5) is 29.5. The summed E-state index contributed by atoms with van der Waals surface area (Å²) in [7, 11) is 9.03. The molecule has 0 radical (unpaired) electrons. The molecule has 4 N–H and O–H groups in total. The van der Waals surface area contributed by atoms with Crippen molar-refractivity contribution in [3.8, 4) is 0 Å². The lowest BCUT2D eigenvalue weighted by atomic mass is 9.82. The van der Waals surface area contributed by atoms with Crippen LogP contribution in [-0.4, -0.2) is 181 Å². The molecule has 0 saturated carbocycles. The molecule has 16 nitrogen and oxygen atoms in total. The van der Waals surface area contributed by atoms with Crippen LogP contribution in [0.2, 0.25) is 0 Å². The van der Waals surface area contributed by atoms with E-state index in [1.165, 1.54) is 14.0 Å². The fraction of sp³-hybridized carbons (Fsp3) is 0.860. The number of esters is 1. The topological polar surface area (TPSA) is 195 Å². The van der Waals surface area contributed by atoms with Crippen LogP contribution in [0.15, 0.2) is 24.3 Å². The minimum atomic E-state index is -1.47. The molecule has 0 bridgehead atoms. The monoisotopic (exact) mass is 843 g/mol. The van der Waals surface area contributed by atoms with Crippen molar-refractivity contribution >= 4 is 12.3 Å². The quantitative estimate of drug-likeness (QED) is 0.175. The number of likely N-dealkylation sites (N-methyl/N-ethyl adjacent to an activating group) is 2. The first-order valence-corrected chi connectivity index (χ1v) is 21.3. The number of nitrogens with zero attached hydrogens (tertiary/aromatic N) is 2. The summed E-state index contributed by atoms with van der Waals surface area (Å²) in [6.45, 7) is 10.8. The van der Waals surface area contributed by atoms with Gasteiger partial charge in [0.05, 0.1) is 54.7 Å². The lowest BCUT2D eigenvalue weighted by Gasteiger charge is -2.50. The molecule has 0 amide bonds. The second-order valence-electron chi connectivity index (χ2n) is 17.8. The Hall–Kier alpha value is -1.90. The van der Waals surface area contributed by atoms with Gasteiger partial charge in [-0.15, -0.1) is 0 Å². The number of aliphatic hydroxyl groups is 4. The zero-order valence-electron chi connectivity index (χ0n) is 37.0. The van der Waals surface area contributed by atoms with Crippen LogP contribution in [0.4, 0.5) is 0 Å². The average molecular weight is 843 g/mol. The fourth-order valence-electron chi connectivity index (χ4n) is 9.10. The number of methoxy groups -OCH3 is 1. The van der Waals surface area contributed by atoms with E-state index in [0.29, 0.717) is 19.3 Å². The molecule has 3 fully saturated rings. The predicted molar refractivity (Wildman–Crippen MR) is 217 cm³/mol. The Morgan fingerprint density at radius 1 is 0.864 bits per heavy atom. The van der Waals surface area contributed by atoms with Gasteiger partial charge < -0.3 is 72.9 Å². The van der Waals surface area contributed by atoms with Gasteiger partial charge >= 0.3 is 5.97 Å². The third-order valence-electron chi connectivity index (χ3n) is 12.4. The van der Waals surface area contributed by atoms with Crippen LogP contribution >= 0.6 is 0 Å². The highest BCUT2D eigenvalue weighted by Crippen LogP contribution is 2.37. The Kier molecular flexibility index (Phi) is 18.9. The maximum atomic E-state index is 13.1. The number of ether oxygens (including phenoxy) is 8. The van der Waals surface area contributed by atoms with Gasteiger partial charge in [-0.2, -0.15) is 0 Å². The first-order chi connectivity index (χ1) is 27.8. The molecule has 3 saturated heterocycles. The Bertz CT molecular complexity index is 1370. The van der Waals surface area contributed by atoms with Crippen LogP contribution in [0.1, 0.15) is 86.5 Å². The van der Waals surface area contributed by atoms with Gasteiger partial charge in [-0.3, -0.25) is 4.79 Å². The van der Waals surface area contributed by atoms with Gasteiger partial charge in [0.2, 0.25) is 0 Å². The molecule has 4 aliphatic rings. The summed E-state index contributed by atoms with van der Waals surface area (Å²) < 4.78 is 50.0. The molecule has 340 valence electrons. The largest absolute Gasteiger partial charge is 0.462 e. The minimum absolute atomic E-state index is 0.00885. The van der Waals surface area contributed by atoms with Crippen LogP contribution in [0.25, 0.3) is 0 Å². The van der Waals surface area contributed by atoms with E-state index in [1.807, 2.05) is 52.2 Å². The summed E-state index contributed by atoms with van der Waals surface area (Å²) in [5, 5.41) is 45.1. The normalized spacial score (nSPS) is 45.8. The lowest BCUT2D eigenvalue weighted by molar-refractivity contribution is -0.344. The van der Waals surface area contributed by atoms with E-state index in [2.05, 4.69) is 4.90 Å². The van der Waals surface area contributed by atoms with Crippen molar-refractivity contribution in [1.29, 1.82) is 0 Å². The summed E-state index contributed by atoms with van der Waals surface area (Å²) in [5.41, 5.74) is -1.47. The second kappa shape index (κ2) is 22.5. The number of cyclic esters (lactones) is 1. The molecule has 19 atom stereocenters. The molecule has 4 aliphatic heterocycles. The first-order valence-electron chi connectivity index (χ1n) is 21.3. The summed E-state index contributed by atoms with van der Waals surface area (Å²) in [6, 6.07) is -0.466. The van der Waals surface area contributed by atoms with E-state index < -0.39 is 110 Å². The molecule has 59 heavy (non-hydrogen) atoms. The van der Waals surface area contributed by atoms with Gasteiger partial charge in [-0.1, -0.05) is 31.2 Å². The van der Waals surface area contributed by atoms with E-state index in [4.69, 9.17) is 37.9 Å². The molecule has 0 spiro atoms. The Balaban J connectivity index is 1.66. The third-order valence-corrected chi connectivity index (χ3v) is 12.4. The molecule has 0 aliphatic carbocycles. The Morgan fingerprint density at radius 3 is 2.17 bits per heavy atom. The first kappa shape index (κ1) is 49.8. The van der Waals surface area contributed by atoms with Crippen molar-refractivity contribution in [2.45, 2.75) is 190 Å². The maximum absolute atomic E-state index is 13.1. The lowest BCUT2D eigenvalue weighted by Crippen LogP contribution is -2.65. The van der Waals surface area contributed by atoms with Gasteiger partial charge in [0.1, 0.15) is 36.8 Å². The number of carbonyl (C=O) groups excluding carboxylic acids is 2. The van der Waals surface area contributed by atoms with Gasteiger partial charge in [0, 0.05) is 32.4 Å². The number of aldehydes is 1. The summed E-state index contributed by atoms with van der Waals surface area (Å²) >= 11 is 0. The highest BCUT2D eigenvalue weighted by molar-refractivity contribution is 5.70. The van der Waals surface area contributed by atoms with Crippen LogP contribution in [0.5, 0.6) is 0 Å². The van der Waals surface area contributed by atoms with E-state index in [1.54, 1.807) is 39.8 Å². The third kappa shape index (κ3) is 13.3. The van der Waals surface area contributed by atoms with E-state index in [9.17, 15) is 30.0 Å². The molecule has 4 rings (SSSR count). The van der Waals surface area contributed by atoms with Crippen molar-refractivity contribution in [3.05, 3.63) is 24.3 Å². The van der Waals surface area contributed by atoms with Crippen molar-refractivity contribution in [1.82, 2.24) is 9.80 Å². The van der Waals surface area contributed by atoms with Crippen LogP contribution in [0.3, 0.4) is 0 Å². The standard InChI is InChI=1S/C43H74N2O14/c1-24-21-29(19-20-46)39(59-42-37(49)36(45(9)10)38(27(4)56-42)58-35-23-43(6,51)41(50)28(5)55-35)40(52-11)31(47)22-33(48)53-25(2)15-13-12-14-16-32(24)57-34-18-17-30(44(7)8)26(3)54-34/h12-14,16,20,24-32,34-42,47,49-51H,15,17-19,21-23H2,1-11H3/b13-12+,16-14+. The molecule has 0 aromatic rings. The van der Waals surface area contributed by atoms with E-state index in [0.717, 1.165) is 12.7 Å². The predicted octanol–water partition coefficient (Wildman–Crippen LogP) is 2.33. The molecular formula is C43H74N2O14. The van der Waals surface area contributed by atoms with Crippen LogP contribution in [-0.2, 0) is 47.5 Å². The molecule has 16 heteroatoms. The van der Waals surface area contributed by atoms with Crippen molar-refractivity contribution in [2.24, 2.45) is 11.8 Å². The van der Waals surface area contributed by atoms with Crippen molar-refractivity contribution < 1.29 is 67.9 Å². The SMILES string of the molecule is COC1C(O)CC(=O)OC(C)C/C=C/C=C/C(OC2CCC(N(C)C)C(C)O2)C(C)CC(CC=O)C1OC1OC(C)C(OC2CC(C)(O)C(O)C(C)O2)C(N(C)C)C1O. The molecule has 19 unspecified atom stereocenters. The minimum Gasteiger partial charge on any atom is -0.462 e. The zero-order valence-corrected chi connectivity index (χ0v) is 37.0. The van der Waals surface area contributed by atoms with Crippen molar-refractivity contribution in [3.63, 3.8) is 0 Å². The Labute approximate surface area is 351 Å². The van der Waals surface area contributed by atoms with Crippen LogP contribution in [0, 0.1) is 11.8 Å². The number of rotatable bonds is 11. The van der Waals surface area contributed by atoms with Crippen LogP contribution < -0.4 is 0 Å². The fourth-order valence-corrected chi connectivity index (χ4v) is 9.10. The zero-order chi connectivity index (χ0) is 43.8. The Morgan fingerprint density at radius 2 is 1.56 bits per heavy atom. The molecule has 4 heterocycles. The number of hydrogen-bond donors (Lipinski definition) is 4.